The molecule has 2 aliphatic heterocycles. The van der Waals surface area contributed by atoms with Crippen molar-refractivity contribution in [3.8, 4) is 22.3 Å². The Kier molecular flexibility index (Phi) is 8.36. The van der Waals surface area contributed by atoms with Gasteiger partial charge < -0.3 is 9.80 Å². The molecule has 3 aliphatic carbocycles. The van der Waals surface area contributed by atoms with Crippen LogP contribution in [0.1, 0.15) is 62.9 Å². The van der Waals surface area contributed by atoms with Crippen LogP contribution in [-0.4, -0.2) is 0 Å². The van der Waals surface area contributed by atoms with Crippen LogP contribution in [0.4, 0.5) is 28.4 Å². The van der Waals surface area contributed by atoms with Crippen LogP contribution in [0.15, 0.2) is 224 Å². The predicted molar refractivity (Wildman–Crippen MR) is 282 cm³/mol. The Hall–Kier alpha value is -8.46. The van der Waals surface area contributed by atoms with Crippen molar-refractivity contribution in [2.45, 2.75) is 18.3 Å². The van der Waals surface area contributed by atoms with E-state index in [0.29, 0.717) is 0 Å². The van der Waals surface area contributed by atoms with E-state index in [9.17, 15) is 0 Å². The Balaban J connectivity index is 0.872. The molecule has 2 heterocycles. The number of para-hydroxylation sites is 3. The second-order valence-corrected chi connectivity index (χ2v) is 18.4. The first-order valence-corrected chi connectivity index (χ1v) is 23.5. The fourth-order valence-corrected chi connectivity index (χ4v) is 11.8. The quantitative estimate of drug-likeness (QED) is 0.163. The molecule has 1 spiro atoms. The van der Waals surface area contributed by atoms with Gasteiger partial charge in [0.25, 0.3) is 0 Å². The van der Waals surface area contributed by atoms with E-state index < -0.39 is 5.41 Å². The Morgan fingerprint density at radius 2 is 0.866 bits per heavy atom. The van der Waals surface area contributed by atoms with Gasteiger partial charge in [-0.05, 0) is 156 Å². The molecule has 0 radical (unpaired) electrons. The molecule has 0 unspecified atom stereocenters. The lowest BCUT2D eigenvalue weighted by molar-refractivity contribution is 0.792. The van der Waals surface area contributed by atoms with E-state index in [1.807, 2.05) is 0 Å². The van der Waals surface area contributed by atoms with Crippen molar-refractivity contribution < 1.29 is 0 Å². The average molecular weight is 853 g/mol. The van der Waals surface area contributed by atoms with Crippen LogP contribution in [0.3, 0.4) is 0 Å². The van der Waals surface area contributed by atoms with Crippen LogP contribution in [0.5, 0.6) is 0 Å². The number of hydrogen-bond acceptors (Lipinski definition) is 2. The minimum atomic E-state index is -0.476. The molecule has 0 saturated carbocycles. The van der Waals surface area contributed by atoms with Gasteiger partial charge in [0.1, 0.15) is 0 Å². The molecular formula is C65H44N2. The van der Waals surface area contributed by atoms with Gasteiger partial charge in [0, 0.05) is 17.1 Å². The number of hydrogen-bond donors (Lipinski definition) is 0. The average Bonchev–Trinajstić information content (AvgIpc) is 3.68. The summed E-state index contributed by atoms with van der Waals surface area (Å²) in [7, 11) is 0. The molecule has 2 heteroatoms. The number of nitrogens with zero attached hydrogens (tertiary/aromatic N) is 2. The Morgan fingerprint density at radius 1 is 0.373 bits per heavy atom. The van der Waals surface area contributed by atoms with E-state index >= 15 is 0 Å². The second kappa shape index (κ2) is 14.8. The lowest BCUT2D eigenvalue weighted by Gasteiger charge is -2.34. The van der Waals surface area contributed by atoms with Gasteiger partial charge in [-0.3, -0.25) is 0 Å². The molecule has 2 nitrogen and oxygen atoms in total. The molecule has 0 amide bonds. The maximum Gasteiger partial charge on any atom is 0.0726 e. The minimum absolute atomic E-state index is 0.476. The summed E-state index contributed by atoms with van der Waals surface area (Å²) < 4.78 is 0. The summed E-state index contributed by atoms with van der Waals surface area (Å²) in [5.41, 5.74) is 24.7. The highest BCUT2D eigenvalue weighted by atomic mass is 15.2. The first kappa shape index (κ1) is 37.9. The molecule has 9 aromatic carbocycles. The minimum Gasteiger partial charge on any atom is -0.313 e. The van der Waals surface area contributed by atoms with Crippen LogP contribution in [0, 0.1) is 0 Å². The molecule has 0 fully saturated rings. The van der Waals surface area contributed by atoms with Gasteiger partial charge in [-0.15, -0.1) is 0 Å². The molecule has 67 heavy (non-hydrogen) atoms. The van der Waals surface area contributed by atoms with Gasteiger partial charge in [-0.1, -0.05) is 188 Å². The Bertz CT molecular complexity index is 3630. The fourth-order valence-electron chi connectivity index (χ4n) is 11.8. The van der Waals surface area contributed by atoms with Crippen LogP contribution < -0.4 is 9.80 Å². The normalized spacial score (nSPS) is 15.4. The van der Waals surface area contributed by atoms with E-state index in [1.54, 1.807) is 0 Å². The number of fused-ring (bicyclic) bond motifs is 14. The molecular weight excluding hydrogens is 809 g/mol. The van der Waals surface area contributed by atoms with Gasteiger partial charge in [-0.2, -0.15) is 0 Å². The van der Waals surface area contributed by atoms with Crippen LogP contribution in [-0.2, 0) is 5.41 Å². The van der Waals surface area contributed by atoms with Crippen LogP contribution >= 0.6 is 0 Å². The zero-order valence-corrected chi connectivity index (χ0v) is 36.9. The highest BCUT2D eigenvalue weighted by Gasteiger charge is 2.52. The summed E-state index contributed by atoms with van der Waals surface area (Å²) in [6.45, 7) is 0. The zero-order chi connectivity index (χ0) is 44.1. The van der Waals surface area contributed by atoms with E-state index in [4.69, 9.17) is 0 Å². The third-order valence-electron chi connectivity index (χ3n) is 14.8. The van der Waals surface area contributed by atoms with Crippen molar-refractivity contribution in [1.29, 1.82) is 0 Å². The number of allylic oxidation sites excluding steroid dienone is 5. The lowest BCUT2D eigenvalue weighted by atomic mass is 9.70. The number of rotatable bonds is 4. The van der Waals surface area contributed by atoms with Crippen molar-refractivity contribution in [2.24, 2.45) is 0 Å². The van der Waals surface area contributed by atoms with Crippen LogP contribution in [0.25, 0.3) is 63.4 Å². The first-order valence-electron chi connectivity index (χ1n) is 23.5. The largest absolute Gasteiger partial charge is 0.313 e. The summed E-state index contributed by atoms with van der Waals surface area (Å²) in [5, 5.41) is 2.43. The molecule has 9 aromatic rings. The Labute approximate surface area is 391 Å². The van der Waals surface area contributed by atoms with Crippen molar-refractivity contribution in [2.75, 3.05) is 9.80 Å². The number of anilines is 5. The first-order chi connectivity index (χ1) is 33.2. The van der Waals surface area contributed by atoms with Gasteiger partial charge in [0.15, 0.2) is 0 Å². The third kappa shape index (κ3) is 5.70. The van der Waals surface area contributed by atoms with E-state index in [-0.39, 0.29) is 0 Å². The zero-order valence-electron chi connectivity index (χ0n) is 36.9. The summed E-state index contributed by atoms with van der Waals surface area (Å²) in [5.74, 6) is 0. The maximum absolute atomic E-state index is 2.54. The van der Waals surface area contributed by atoms with Gasteiger partial charge in [0.05, 0.1) is 22.5 Å². The number of benzene rings is 9. The SMILES string of the molecule is C1=CC2=C(CC1)N(c1ccc3c(c1)C1(c4ccccc4-c4ccccc41)c1cc(/C=C/c4ccc5cc(N6c7ccccc7C=Cc7ccccc76)ccc5c4)ccc1-3)c1ccccc1C=C2. The fraction of sp³-hybridized carbons (Fsp3) is 0.0462. The van der Waals surface area contributed by atoms with Gasteiger partial charge in [0.2, 0.25) is 0 Å². The molecule has 0 atom stereocenters. The molecule has 314 valence electrons. The summed E-state index contributed by atoms with van der Waals surface area (Å²) in [6, 6.07) is 72.6. The molecule has 0 bridgehead atoms. The molecule has 0 N–H and O–H groups in total. The van der Waals surface area contributed by atoms with E-state index in [2.05, 4.69) is 253 Å². The highest BCUT2D eigenvalue weighted by Crippen LogP contribution is 2.63. The molecule has 0 aromatic heterocycles. The summed E-state index contributed by atoms with van der Waals surface area (Å²) >= 11 is 0. The van der Waals surface area contributed by atoms with E-state index in [1.165, 1.54) is 117 Å². The standard InChI is InChI=1S/C65H44N2/c1-9-21-61-45(13-1)30-31-46-14-2-10-22-62(46)66(61)51-35-34-49-39-43(27-29-50(49)41-51)25-26-44-28-37-55-56-38-36-52(67-63-23-11-3-15-47(63)32-33-48-16-4-12-24-64(48)67)42-60(56)65(59(55)40-44)57-19-7-5-17-53(57)54-18-6-8-20-58(54)65/h1-11,13-23,25-42H,12,24H2/b26-25+. The van der Waals surface area contributed by atoms with Crippen molar-refractivity contribution in [3.63, 3.8) is 0 Å². The summed E-state index contributed by atoms with van der Waals surface area (Å²) in [6.07, 6.45) is 20.3. The van der Waals surface area contributed by atoms with Crippen LogP contribution in [0.2, 0.25) is 0 Å². The molecule has 5 aliphatic rings. The molecule has 0 saturated heterocycles. The molecule has 14 rings (SSSR count). The monoisotopic (exact) mass is 852 g/mol. The maximum atomic E-state index is 2.54. The summed E-state index contributed by atoms with van der Waals surface area (Å²) in [4.78, 5) is 4.94. The van der Waals surface area contributed by atoms with Crippen molar-refractivity contribution in [3.05, 3.63) is 274 Å². The van der Waals surface area contributed by atoms with Crippen molar-refractivity contribution >= 4 is 69.6 Å². The second-order valence-electron chi connectivity index (χ2n) is 18.4. The van der Waals surface area contributed by atoms with Gasteiger partial charge >= 0.3 is 0 Å². The highest BCUT2D eigenvalue weighted by molar-refractivity contribution is 5.99. The van der Waals surface area contributed by atoms with Gasteiger partial charge in [-0.25, -0.2) is 0 Å². The van der Waals surface area contributed by atoms with Crippen molar-refractivity contribution in [1.82, 2.24) is 0 Å². The topological polar surface area (TPSA) is 6.48 Å². The smallest absolute Gasteiger partial charge is 0.0726 e. The Morgan fingerprint density at radius 3 is 1.57 bits per heavy atom. The lowest BCUT2D eigenvalue weighted by Crippen LogP contribution is -2.26. The van der Waals surface area contributed by atoms with E-state index in [0.717, 1.165) is 18.5 Å². The third-order valence-corrected chi connectivity index (χ3v) is 14.8. The predicted octanol–water partition coefficient (Wildman–Crippen LogP) is 17.1.